The molecule has 0 spiro atoms. The van der Waals surface area contributed by atoms with Gasteiger partial charge in [-0.2, -0.15) is 0 Å². The number of benzene rings is 2. The van der Waals surface area contributed by atoms with Crippen LogP contribution in [0.25, 0.3) is 31.3 Å². The maximum Gasteiger partial charge on any atom is 0.345 e. The van der Waals surface area contributed by atoms with Crippen LogP contribution in [0.15, 0.2) is 70.1 Å². The lowest BCUT2D eigenvalue weighted by molar-refractivity contribution is 0.522. The molecule has 4 rings (SSSR count). The van der Waals surface area contributed by atoms with Crippen LogP contribution in [0.4, 0.5) is 0 Å². The molecule has 0 saturated carbocycles. The average molecular weight is 278 g/mol. The molecule has 0 bridgehead atoms. The van der Waals surface area contributed by atoms with E-state index in [1.165, 1.54) is 0 Å². The molecule has 2 aromatic carbocycles. The fraction of sp³-hybridized carbons (Fsp3) is 0. The Morgan fingerprint density at radius 1 is 0.900 bits per heavy atom. The van der Waals surface area contributed by atoms with Crippen LogP contribution in [0.5, 0.6) is 0 Å². The monoisotopic (exact) mass is 278 g/mol. The Bertz CT molecular complexity index is 965. The van der Waals surface area contributed by atoms with E-state index in [2.05, 4.69) is 0 Å². The molecule has 3 heteroatoms. The summed E-state index contributed by atoms with van der Waals surface area (Å²) in [4.78, 5) is 12.1. The summed E-state index contributed by atoms with van der Waals surface area (Å²) < 4.78 is 7.35. The van der Waals surface area contributed by atoms with Gasteiger partial charge in [-0.1, -0.05) is 48.5 Å². The van der Waals surface area contributed by atoms with Crippen molar-refractivity contribution in [3.63, 3.8) is 0 Å². The van der Waals surface area contributed by atoms with Crippen LogP contribution in [-0.2, 0) is 0 Å². The molecule has 0 N–H and O–H groups in total. The summed E-state index contributed by atoms with van der Waals surface area (Å²) in [6, 6.07) is 17.9. The Hall–Kier alpha value is -2.39. The average Bonchev–Trinajstić information content (AvgIpc) is 2.88. The lowest BCUT2D eigenvalue weighted by Gasteiger charge is -2.01. The van der Waals surface area contributed by atoms with Crippen LogP contribution < -0.4 is 5.63 Å². The number of hydrogen-bond donors (Lipinski definition) is 0. The van der Waals surface area contributed by atoms with Crippen LogP contribution in [0.3, 0.4) is 0 Å². The Morgan fingerprint density at radius 2 is 1.65 bits per heavy atom. The topological polar surface area (TPSA) is 30.2 Å². The second kappa shape index (κ2) is 4.32. The molecule has 2 nitrogen and oxygen atoms in total. The Labute approximate surface area is 118 Å². The first-order chi connectivity index (χ1) is 9.84. The van der Waals surface area contributed by atoms with Gasteiger partial charge in [-0.3, -0.25) is 0 Å². The standard InChI is InChI=1S/C17H10O2S/c18-17-15-12-8-4-5-9-14(12)20-16(15)13(10-19-17)11-6-2-1-3-7-11/h1-10H. The van der Waals surface area contributed by atoms with E-state index in [1.54, 1.807) is 17.6 Å². The van der Waals surface area contributed by atoms with Crippen molar-refractivity contribution in [3.8, 4) is 11.1 Å². The molecule has 0 atom stereocenters. The van der Waals surface area contributed by atoms with Gasteiger partial charge in [0, 0.05) is 15.6 Å². The first kappa shape index (κ1) is 11.4. The zero-order chi connectivity index (χ0) is 13.5. The highest BCUT2D eigenvalue weighted by atomic mass is 32.1. The van der Waals surface area contributed by atoms with Crippen LogP contribution in [0.2, 0.25) is 0 Å². The van der Waals surface area contributed by atoms with Gasteiger partial charge in [0.1, 0.15) is 6.26 Å². The van der Waals surface area contributed by atoms with E-state index in [4.69, 9.17) is 4.42 Å². The van der Waals surface area contributed by atoms with Crippen LogP contribution in [-0.4, -0.2) is 0 Å². The zero-order valence-electron chi connectivity index (χ0n) is 10.5. The maximum absolute atomic E-state index is 12.1. The molecule has 2 heterocycles. The third kappa shape index (κ3) is 1.60. The summed E-state index contributed by atoms with van der Waals surface area (Å²) in [6.45, 7) is 0. The van der Waals surface area contributed by atoms with E-state index in [1.807, 2.05) is 54.6 Å². The van der Waals surface area contributed by atoms with Gasteiger partial charge in [0.2, 0.25) is 0 Å². The van der Waals surface area contributed by atoms with Gasteiger partial charge in [-0.25, -0.2) is 4.79 Å². The van der Waals surface area contributed by atoms with E-state index >= 15 is 0 Å². The smallest absolute Gasteiger partial charge is 0.345 e. The third-order valence-corrected chi connectivity index (χ3v) is 4.62. The minimum Gasteiger partial charge on any atom is -0.430 e. The molecule has 0 aliphatic rings. The molecule has 0 amide bonds. The van der Waals surface area contributed by atoms with E-state index in [0.29, 0.717) is 5.39 Å². The number of thiophene rings is 1. The van der Waals surface area contributed by atoms with Crippen LogP contribution in [0.1, 0.15) is 0 Å². The van der Waals surface area contributed by atoms with Crippen molar-refractivity contribution < 1.29 is 4.42 Å². The summed E-state index contributed by atoms with van der Waals surface area (Å²) in [7, 11) is 0. The molecule has 0 aliphatic carbocycles. The van der Waals surface area contributed by atoms with Crippen LogP contribution >= 0.6 is 11.3 Å². The molecule has 0 saturated heterocycles. The predicted octanol–water partition coefficient (Wildman–Crippen LogP) is 4.67. The normalized spacial score (nSPS) is 11.2. The molecule has 0 radical (unpaired) electrons. The van der Waals surface area contributed by atoms with Gasteiger partial charge in [0.25, 0.3) is 0 Å². The Morgan fingerprint density at radius 3 is 2.50 bits per heavy atom. The van der Waals surface area contributed by atoms with Crippen molar-refractivity contribution in [1.82, 2.24) is 0 Å². The highest BCUT2D eigenvalue weighted by Crippen LogP contribution is 2.37. The molecule has 0 unspecified atom stereocenters. The summed E-state index contributed by atoms with van der Waals surface area (Å²) in [5.74, 6) is 0. The minimum atomic E-state index is -0.267. The third-order valence-electron chi connectivity index (χ3n) is 3.41. The van der Waals surface area contributed by atoms with E-state index < -0.39 is 0 Å². The van der Waals surface area contributed by atoms with E-state index in [-0.39, 0.29) is 5.63 Å². The van der Waals surface area contributed by atoms with Crippen molar-refractivity contribution in [2.75, 3.05) is 0 Å². The second-order valence-electron chi connectivity index (χ2n) is 4.61. The van der Waals surface area contributed by atoms with Gasteiger partial charge in [0.15, 0.2) is 0 Å². The summed E-state index contributed by atoms with van der Waals surface area (Å²) >= 11 is 1.64. The number of fused-ring (bicyclic) bond motifs is 3. The molecule has 2 aromatic heterocycles. The molecule has 4 aromatic rings. The lowest BCUT2D eigenvalue weighted by atomic mass is 10.1. The van der Waals surface area contributed by atoms with Gasteiger partial charge in [-0.15, -0.1) is 11.3 Å². The fourth-order valence-corrected chi connectivity index (χ4v) is 3.70. The van der Waals surface area contributed by atoms with Crippen molar-refractivity contribution in [1.29, 1.82) is 0 Å². The second-order valence-corrected chi connectivity index (χ2v) is 5.66. The quantitative estimate of drug-likeness (QED) is 0.506. The zero-order valence-corrected chi connectivity index (χ0v) is 11.3. The fourth-order valence-electron chi connectivity index (χ4n) is 2.48. The number of hydrogen-bond acceptors (Lipinski definition) is 3. The summed E-state index contributed by atoms with van der Waals surface area (Å²) in [5.41, 5.74) is 1.77. The summed E-state index contributed by atoms with van der Waals surface area (Å²) in [5, 5.41) is 1.66. The summed E-state index contributed by atoms with van der Waals surface area (Å²) in [6.07, 6.45) is 1.56. The largest absolute Gasteiger partial charge is 0.430 e. The van der Waals surface area contributed by atoms with E-state index in [0.717, 1.165) is 25.9 Å². The van der Waals surface area contributed by atoms with Crippen molar-refractivity contribution in [2.45, 2.75) is 0 Å². The Kier molecular flexibility index (Phi) is 2.47. The van der Waals surface area contributed by atoms with Gasteiger partial charge in [-0.05, 0) is 11.6 Å². The molecule has 20 heavy (non-hydrogen) atoms. The Balaban J connectivity index is 2.19. The minimum absolute atomic E-state index is 0.267. The van der Waals surface area contributed by atoms with Crippen molar-refractivity contribution in [3.05, 3.63) is 71.3 Å². The SMILES string of the molecule is O=c1occ(-c2ccccc2)c2sc3ccccc3c12. The predicted molar refractivity (Wildman–Crippen MR) is 83.3 cm³/mol. The van der Waals surface area contributed by atoms with Crippen LogP contribution in [0, 0.1) is 0 Å². The molecular weight excluding hydrogens is 268 g/mol. The van der Waals surface area contributed by atoms with Crippen molar-refractivity contribution in [2.24, 2.45) is 0 Å². The van der Waals surface area contributed by atoms with Crippen molar-refractivity contribution >= 4 is 31.5 Å². The van der Waals surface area contributed by atoms with E-state index in [9.17, 15) is 4.79 Å². The first-order valence-corrected chi connectivity index (χ1v) is 7.15. The maximum atomic E-state index is 12.1. The first-order valence-electron chi connectivity index (χ1n) is 6.33. The number of rotatable bonds is 1. The molecule has 0 fully saturated rings. The molecule has 0 aliphatic heterocycles. The van der Waals surface area contributed by atoms with Gasteiger partial charge < -0.3 is 4.42 Å². The van der Waals surface area contributed by atoms with Gasteiger partial charge >= 0.3 is 5.63 Å². The molecular formula is C17H10O2S. The van der Waals surface area contributed by atoms with Gasteiger partial charge in [0.05, 0.1) is 10.1 Å². The highest BCUT2D eigenvalue weighted by molar-refractivity contribution is 7.26. The molecule has 96 valence electrons. The lowest BCUT2D eigenvalue weighted by Crippen LogP contribution is -1.97. The highest BCUT2D eigenvalue weighted by Gasteiger charge is 2.14.